The van der Waals surface area contributed by atoms with Gasteiger partial charge in [0.15, 0.2) is 0 Å². The van der Waals surface area contributed by atoms with Gasteiger partial charge in [-0.05, 0) is 81.5 Å². The van der Waals surface area contributed by atoms with E-state index in [-0.39, 0.29) is 5.91 Å². The number of H-pyrrole nitrogens is 1. The van der Waals surface area contributed by atoms with E-state index in [1.807, 2.05) is 25.1 Å². The molecule has 2 bridgehead atoms. The zero-order valence-electron chi connectivity index (χ0n) is 18.7. The van der Waals surface area contributed by atoms with Gasteiger partial charge >= 0.3 is 0 Å². The lowest BCUT2D eigenvalue weighted by molar-refractivity contribution is -0.0681. The molecule has 4 atom stereocenters. The van der Waals surface area contributed by atoms with Gasteiger partial charge in [0.05, 0.1) is 11.0 Å². The lowest BCUT2D eigenvalue weighted by Gasteiger charge is -2.57. The highest BCUT2D eigenvalue weighted by Gasteiger charge is 2.47. The number of likely N-dealkylation sites (tertiary alicyclic amines) is 1. The third kappa shape index (κ3) is 3.66. The third-order valence-corrected chi connectivity index (χ3v) is 7.80. The number of piperidine rings is 3. The van der Waals surface area contributed by atoms with Gasteiger partial charge in [-0.1, -0.05) is 20.3 Å². The van der Waals surface area contributed by atoms with Crippen molar-refractivity contribution in [3.05, 3.63) is 29.6 Å². The number of amides is 1. The van der Waals surface area contributed by atoms with Gasteiger partial charge in [0.25, 0.3) is 5.91 Å². The van der Waals surface area contributed by atoms with E-state index in [1.165, 1.54) is 45.1 Å². The molecule has 5 rings (SSSR count). The molecule has 4 heterocycles. The van der Waals surface area contributed by atoms with E-state index in [0.29, 0.717) is 23.9 Å². The van der Waals surface area contributed by atoms with Crippen molar-refractivity contribution in [2.75, 3.05) is 19.6 Å². The molecule has 2 aromatic rings. The number of nitrogens with one attached hydrogen (secondary N) is 1. The second kappa shape index (κ2) is 7.99. The highest BCUT2D eigenvalue weighted by Crippen LogP contribution is 2.43. The number of imidazole rings is 1. The molecule has 5 heteroatoms. The van der Waals surface area contributed by atoms with Crippen molar-refractivity contribution in [1.82, 2.24) is 19.8 Å². The Bertz CT molecular complexity index is 919. The Kier molecular flexibility index (Phi) is 5.34. The topological polar surface area (TPSA) is 52.2 Å². The summed E-state index contributed by atoms with van der Waals surface area (Å²) in [6, 6.07) is 7.26. The first-order chi connectivity index (χ1) is 14.5. The van der Waals surface area contributed by atoms with Crippen LogP contribution in [0.25, 0.3) is 11.0 Å². The first kappa shape index (κ1) is 20.0. The average molecular weight is 409 g/mol. The smallest absolute Gasteiger partial charge is 0.253 e. The minimum Gasteiger partial charge on any atom is -0.342 e. The zero-order chi connectivity index (χ0) is 20.8. The van der Waals surface area contributed by atoms with Crippen LogP contribution in [-0.4, -0.2) is 57.4 Å². The molecule has 0 saturated carbocycles. The first-order valence-corrected chi connectivity index (χ1v) is 12.0. The molecule has 0 unspecified atom stereocenters. The Morgan fingerprint density at radius 1 is 1.23 bits per heavy atom. The lowest BCUT2D eigenvalue weighted by Crippen LogP contribution is -2.64. The van der Waals surface area contributed by atoms with Crippen LogP contribution in [0.3, 0.4) is 0 Å². The van der Waals surface area contributed by atoms with E-state index < -0.39 is 0 Å². The molecule has 0 aliphatic carbocycles. The summed E-state index contributed by atoms with van der Waals surface area (Å²) in [5.74, 6) is 3.11. The van der Waals surface area contributed by atoms with Crippen LogP contribution in [0.15, 0.2) is 18.2 Å². The van der Waals surface area contributed by atoms with Crippen LogP contribution < -0.4 is 0 Å². The lowest BCUT2D eigenvalue weighted by atomic mass is 9.71. The Hall–Kier alpha value is -1.88. The van der Waals surface area contributed by atoms with Gasteiger partial charge in [0.1, 0.15) is 5.82 Å². The highest BCUT2D eigenvalue weighted by atomic mass is 16.2. The molecular formula is C25H36N4O. The number of aromatic nitrogens is 2. The largest absolute Gasteiger partial charge is 0.342 e. The fourth-order valence-corrected chi connectivity index (χ4v) is 6.43. The summed E-state index contributed by atoms with van der Waals surface area (Å²) >= 11 is 0. The number of rotatable bonds is 4. The minimum absolute atomic E-state index is 0.200. The summed E-state index contributed by atoms with van der Waals surface area (Å²) in [6.07, 6.45) is 7.90. The van der Waals surface area contributed by atoms with Gasteiger partial charge in [0.2, 0.25) is 0 Å². The summed E-state index contributed by atoms with van der Waals surface area (Å²) in [7, 11) is 0. The summed E-state index contributed by atoms with van der Waals surface area (Å²) in [5, 5.41) is 0. The maximum absolute atomic E-state index is 13.5. The Morgan fingerprint density at radius 3 is 2.90 bits per heavy atom. The number of benzene rings is 1. The van der Waals surface area contributed by atoms with Gasteiger partial charge < -0.3 is 9.88 Å². The first-order valence-electron chi connectivity index (χ1n) is 12.0. The molecule has 0 spiro atoms. The predicted octanol–water partition coefficient (Wildman–Crippen LogP) is 4.62. The molecule has 1 amide bonds. The van der Waals surface area contributed by atoms with Crippen molar-refractivity contribution in [3.8, 4) is 0 Å². The number of nitrogens with zero attached hydrogens (tertiary/aromatic N) is 3. The zero-order valence-corrected chi connectivity index (χ0v) is 18.7. The van der Waals surface area contributed by atoms with Crippen LogP contribution in [0.4, 0.5) is 0 Å². The molecule has 3 saturated heterocycles. The van der Waals surface area contributed by atoms with E-state index in [2.05, 4.69) is 33.6 Å². The number of aromatic amines is 1. The predicted molar refractivity (Wildman–Crippen MR) is 121 cm³/mol. The molecule has 3 aliphatic heterocycles. The summed E-state index contributed by atoms with van der Waals surface area (Å²) < 4.78 is 0. The maximum atomic E-state index is 13.5. The Morgan fingerprint density at radius 2 is 2.07 bits per heavy atom. The highest BCUT2D eigenvalue weighted by molar-refractivity contribution is 5.97. The normalized spacial score (nSPS) is 29.4. The number of carbonyl (C=O) groups is 1. The van der Waals surface area contributed by atoms with E-state index in [4.69, 9.17) is 0 Å². The molecular weight excluding hydrogens is 372 g/mol. The van der Waals surface area contributed by atoms with E-state index >= 15 is 0 Å². The molecule has 1 aromatic heterocycles. The van der Waals surface area contributed by atoms with Crippen LogP contribution in [0, 0.1) is 24.7 Å². The van der Waals surface area contributed by atoms with Crippen LogP contribution in [0.5, 0.6) is 0 Å². The van der Waals surface area contributed by atoms with Gasteiger partial charge in [-0.15, -0.1) is 0 Å². The van der Waals surface area contributed by atoms with Crippen LogP contribution in [0.1, 0.15) is 68.6 Å². The van der Waals surface area contributed by atoms with E-state index in [1.54, 1.807) is 0 Å². The van der Waals surface area contributed by atoms with Gasteiger partial charge in [-0.25, -0.2) is 4.98 Å². The van der Waals surface area contributed by atoms with E-state index in [9.17, 15) is 4.79 Å². The fraction of sp³-hybridized carbons (Fsp3) is 0.680. The Labute approximate surface area is 180 Å². The molecule has 30 heavy (non-hydrogen) atoms. The molecule has 162 valence electrons. The summed E-state index contributed by atoms with van der Waals surface area (Å²) in [5.41, 5.74) is 2.69. The fourth-order valence-electron chi connectivity index (χ4n) is 6.43. The van der Waals surface area contributed by atoms with Gasteiger partial charge in [-0.3, -0.25) is 9.69 Å². The average Bonchev–Trinajstić information content (AvgIpc) is 3.12. The number of carbonyl (C=O) groups excluding carboxylic acids is 1. The molecule has 1 N–H and O–H groups in total. The van der Waals surface area contributed by atoms with Crippen molar-refractivity contribution in [3.63, 3.8) is 0 Å². The SMILES string of the molecule is Cc1nc2ccc(C(=O)N3C[C@H]4C[C@@H](C3)[C@H](CCC(C)C)N3CCCC[C@@H]43)cc2[nH]1. The monoisotopic (exact) mass is 408 g/mol. The standard InChI is InChI=1S/C25H36N4O/c1-16(2)7-10-24-20-12-19(23-6-4-5-11-29(23)24)14-28(15-20)25(30)18-8-9-21-22(13-18)27-17(3)26-21/h8-9,13,16,19-20,23-24H,4-7,10-12,14-15H2,1-3H3,(H,26,27)/t19-,20+,23+,24+/m1/s1. The van der Waals surface area contributed by atoms with Gasteiger partial charge in [0, 0.05) is 30.7 Å². The third-order valence-electron chi connectivity index (χ3n) is 7.80. The van der Waals surface area contributed by atoms with Crippen LogP contribution >= 0.6 is 0 Å². The van der Waals surface area contributed by atoms with Gasteiger partial charge in [-0.2, -0.15) is 0 Å². The second-order valence-electron chi connectivity index (χ2n) is 10.4. The number of hydrogen-bond donors (Lipinski definition) is 1. The quantitative estimate of drug-likeness (QED) is 0.803. The van der Waals surface area contributed by atoms with Crippen molar-refractivity contribution >= 4 is 16.9 Å². The molecule has 0 radical (unpaired) electrons. The minimum atomic E-state index is 0.200. The van der Waals surface area contributed by atoms with Crippen LogP contribution in [0.2, 0.25) is 0 Å². The van der Waals surface area contributed by atoms with Crippen molar-refractivity contribution in [2.24, 2.45) is 17.8 Å². The number of hydrogen-bond acceptors (Lipinski definition) is 3. The summed E-state index contributed by atoms with van der Waals surface area (Å²) in [6.45, 7) is 9.74. The molecule has 5 nitrogen and oxygen atoms in total. The summed E-state index contributed by atoms with van der Waals surface area (Å²) in [4.78, 5) is 26.3. The Balaban J connectivity index is 1.38. The maximum Gasteiger partial charge on any atom is 0.253 e. The number of aryl methyl sites for hydroxylation is 1. The van der Waals surface area contributed by atoms with Crippen molar-refractivity contribution < 1.29 is 4.79 Å². The molecule has 3 fully saturated rings. The molecule has 3 aliphatic rings. The molecule has 1 aromatic carbocycles. The van der Waals surface area contributed by atoms with Crippen molar-refractivity contribution in [1.29, 1.82) is 0 Å². The number of fused-ring (bicyclic) bond motifs is 5. The van der Waals surface area contributed by atoms with Crippen LogP contribution in [-0.2, 0) is 0 Å². The van der Waals surface area contributed by atoms with E-state index in [0.717, 1.165) is 41.4 Å². The van der Waals surface area contributed by atoms with Crippen molar-refractivity contribution in [2.45, 2.75) is 71.4 Å². The second-order valence-corrected chi connectivity index (χ2v) is 10.4.